The van der Waals surface area contributed by atoms with Crippen molar-refractivity contribution in [2.75, 3.05) is 42.6 Å². The monoisotopic (exact) mass is 617 g/mol. The third kappa shape index (κ3) is 7.34. The maximum atomic E-state index is 13.0. The molecule has 13 heteroatoms. The summed E-state index contributed by atoms with van der Waals surface area (Å²) in [7, 11) is -1.96. The number of aryl methyl sites for hydroxylation is 2. The molecule has 3 heterocycles. The number of nitrogens with zero attached hydrogens (tertiary/aromatic N) is 5. The Kier molecular flexibility index (Phi) is 9.26. The summed E-state index contributed by atoms with van der Waals surface area (Å²) in [6, 6.07) is 4.21. The van der Waals surface area contributed by atoms with Gasteiger partial charge in [-0.2, -0.15) is 10.1 Å². The van der Waals surface area contributed by atoms with E-state index in [1.54, 1.807) is 13.2 Å². The Morgan fingerprint density at radius 3 is 2.69 bits per heavy atom. The molecule has 0 bridgehead atoms. The summed E-state index contributed by atoms with van der Waals surface area (Å²) in [6.45, 7) is 8.58. The molecule has 2 aliphatic rings. The summed E-state index contributed by atoms with van der Waals surface area (Å²) in [4.78, 5) is 11.3. The molecular weight excluding hydrogens is 578 g/mol. The van der Waals surface area contributed by atoms with Crippen LogP contribution >= 0.6 is 11.6 Å². The second-order valence-electron chi connectivity index (χ2n) is 11.7. The number of aliphatic hydroxyl groups excluding tert-OH is 1. The van der Waals surface area contributed by atoms with Crippen LogP contribution in [0.5, 0.6) is 5.75 Å². The van der Waals surface area contributed by atoms with E-state index >= 15 is 0 Å². The SMILES string of the molecule is Cc1cc(Nc2ncc(Cl)c(Nc3cn(C)nc3S(=O)(=O)CC(C)C)n2)c(OC2CC2)cc1C1CCCN(CCO)C1. The van der Waals surface area contributed by atoms with Crippen molar-refractivity contribution in [2.45, 2.75) is 63.5 Å². The number of benzene rings is 1. The third-order valence-corrected chi connectivity index (χ3v) is 9.71. The van der Waals surface area contributed by atoms with Crippen molar-refractivity contribution >= 4 is 44.6 Å². The van der Waals surface area contributed by atoms with Gasteiger partial charge in [0.15, 0.2) is 15.7 Å². The molecule has 1 saturated carbocycles. The Morgan fingerprint density at radius 1 is 1.19 bits per heavy atom. The van der Waals surface area contributed by atoms with Gasteiger partial charge in [0.25, 0.3) is 0 Å². The van der Waals surface area contributed by atoms with Crippen LogP contribution in [0.15, 0.2) is 29.6 Å². The van der Waals surface area contributed by atoms with E-state index in [1.165, 1.54) is 16.4 Å². The van der Waals surface area contributed by atoms with Gasteiger partial charge in [0.2, 0.25) is 11.0 Å². The minimum absolute atomic E-state index is 0.0254. The van der Waals surface area contributed by atoms with E-state index in [0.29, 0.717) is 18.2 Å². The summed E-state index contributed by atoms with van der Waals surface area (Å²) in [5.74, 6) is 1.58. The van der Waals surface area contributed by atoms with E-state index in [9.17, 15) is 13.5 Å². The number of nitrogens with one attached hydrogen (secondary N) is 2. The second-order valence-corrected chi connectivity index (χ2v) is 14.1. The highest BCUT2D eigenvalue weighted by Gasteiger charge is 2.28. The Bertz CT molecular complexity index is 1520. The molecule has 1 atom stereocenters. The number of sulfone groups is 1. The van der Waals surface area contributed by atoms with Crippen LogP contribution in [0.25, 0.3) is 0 Å². The molecule has 1 aliphatic heterocycles. The highest BCUT2D eigenvalue weighted by molar-refractivity contribution is 7.91. The summed E-state index contributed by atoms with van der Waals surface area (Å²) >= 11 is 6.45. The molecular formula is C29H40ClN7O4S. The van der Waals surface area contributed by atoms with Crippen molar-refractivity contribution in [1.82, 2.24) is 24.6 Å². The summed E-state index contributed by atoms with van der Waals surface area (Å²) in [5, 5.41) is 20.2. The number of rotatable bonds is 12. The molecule has 3 N–H and O–H groups in total. The maximum absolute atomic E-state index is 13.0. The lowest BCUT2D eigenvalue weighted by molar-refractivity contribution is 0.161. The van der Waals surface area contributed by atoms with Crippen molar-refractivity contribution in [2.24, 2.45) is 13.0 Å². The Hall–Kier alpha value is -2.93. The van der Waals surface area contributed by atoms with Gasteiger partial charge in [-0.3, -0.25) is 4.68 Å². The van der Waals surface area contributed by atoms with E-state index < -0.39 is 9.84 Å². The maximum Gasteiger partial charge on any atom is 0.229 e. The van der Waals surface area contributed by atoms with Gasteiger partial charge in [-0.15, -0.1) is 0 Å². The molecule has 228 valence electrons. The van der Waals surface area contributed by atoms with Gasteiger partial charge >= 0.3 is 0 Å². The normalized spacial score (nSPS) is 17.9. The Morgan fingerprint density at radius 2 is 1.98 bits per heavy atom. The first kappa shape index (κ1) is 30.5. The summed E-state index contributed by atoms with van der Waals surface area (Å²) < 4.78 is 33.8. The van der Waals surface area contributed by atoms with Crippen LogP contribution in [-0.4, -0.2) is 76.3 Å². The summed E-state index contributed by atoms with van der Waals surface area (Å²) in [6.07, 6.45) is 7.49. The molecule has 0 amide bonds. The molecule has 0 radical (unpaired) electrons. The van der Waals surface area contributed by atoms with Gasteiger partial charge in [0.05, 0.1) is 36.0 Å². The number of ether oxygens (including phenoxy) is 1. The molecule has 2 fully saturated rings. The van der Waals surface area contributed by atoms with Crippen LogP contribution in [-0.2, 0) is 16.9 Å². The molecule has 1 aliphatic carbocycles. The predicted octanol–water partition coefficient (Wildman–Crippen LogP) is 4.80. The summed E-state index contributed by atoms with van der Waals surface area (Å²) in [5.41, 5.74) is 3.44. The zero-order chi connectivity index (χ0) is 30.0. The lowest BCUT2D eigenvalue weighted by Gasteiger charge is -2.33. The van der Waals surface area contributed by atoms with E-state index in [-0.39, 0.29) is 46.2 Å². The molecule has 2 aromatic heterocycles. The number of β-amino-alcohol motifs (C(OH)–C–C–N with tert-alkyl or cyclic N) is 1. The average molecular weight is 618 g/mol. The standard InChI is InChI=1S/C29H40ClN7O4S/c1-18(2)17-42(39,40)28-25(16-36(4)35-28)32-27-23(30)14-31-29(34-27)33-24-12-19(3)22(13-26(24)41-21-7-8-21)20-6-5-9-37(15-20)10-11-38/h12-14,16,18,20-21,38H,5-11,15,17H2,1-4H3,(H2,31,32,33,34). The quantitative estimate of drug-likeness (QED) is 0.260. The zero-order valence-electron chi connectivity index (χ0n) is 24.6. The number of anilines is 4. The third-order valence-electron chi connectivity index (χ3n) is 7.43. The Labute approximate surface area is 252 Å². The van der Waals surface area contributed by atoms with Crippen LogP contribution in [0.3, 0.4) is 0 Å². The molecule has 11 nitrogen and oxygen atoms in total. The zero-order valence-corrected chi connectivity index (χ0v) is 26.2. The number of hydrogen-bond acceptors (Lipinski definition) is 10. The molecule has 3 aromatic rings. The van der Waals surface area contributed by atoms with Crippen LogP contribution in [0.1, 0.15) is 56.6 Å². The number of piperidine rings is 1. The number of hydrogen-bond donors (Lipinski definition) is 3. The molecule has 1 aromatic carbocycles. The first-order chi connectivity index (χ1) is 20.0. The van der Waals surface area contributed by atoms with Gasteiger partial charge in [0.1, 0.15) is 10.8 Å². The smallest absolute Gasteiger partial charge is 0.229 e. The molecule has 1 saturated heterocycles. The number of aliphatic hydroxyl groups is 1. The van der Waals surface area contributed by atoms with Crippen LogP contribution in [0, 0.1) is 12.8 Å². The minimum Gasteiger partial charge on any atom is -0.488 e. The predicted molar refractivity (Wildman–Crippen MR) is 164 cm³/mol. The lowest BCUT2D eigenvalue weighted by Crippen LogP contribution is -2.36. The largest absolute Gasteiger partial charge is 0.488 e. The van der Waals surface area contributed by atoms with Gasteiger partial charge in [-0.1, -0.05) is 25.4 Å². The lowest BCUT2D eigenvalue weighted by atomic mass is 9.87. The van der Waals surface area contributed by atoms with Gasteiger partial charge in [0, 0.05) is 26.3 Å². The fourth-order valence-corrected chi connectivity index (χ4v) is 7.29. The van der Waals surface area contributed by atoms with Gasteiger partial charge in [-0.25, -0.2) is 13.4 Å². The number of aromatic nitrogens is 4. The number of halogens is 1. The van der Waals surface area contributed by atoms with Crippen LogP contribution < -0.4 is 15.4 Å². The van der Waals surface area contributed by atoms with E-state index in [0.717, 1.165) is 55.8 Å². The van der Waals surface area contributed by atoms with Crippen molar-refractivity contribution in [3.8, 4) is 5.75 Å². The van der Waals surface area contributed by atoms with Crippen molar-refractivity contribution in [3.63, 3.8) is 0 Å². The molecule has 5 rings (SSSR count). The second kappa shape index (κ2) is 12.7. The highest BCUT2D eigenvalue weighted by atomic mass is 35.5. The van der Waals surface area contributed by atoms with E-state index in [2.05, 4.69) is 49.7 Å². The van der Waals surface area contributed by atoms with E-state index in [1.807, 2.05) is 13.8 Å². The van der Waals surface area contributed by atoms with Crippen LogP contribution in [0.2, 0.25) is 5.02 Å². The van der Waals surface area contributed by atoms with Crippen molar-refractivity contribution in [1.29, 1.82) is 0 Å². The fraction of sp³-hybridized carbons (Fsp3) is 0.552. The molecule has 42 heavy (non-hydrogen) atoms. The molecule has 1 unspecified atom stereocenters. The molecule has 0 spiro atoms. The fourth-order valence-electron chi connectivity index (χ4n) is 5.42. The van der Waals surface area contributed by atoms with Gasteiger partial charge < -0.3 is 25.4 Å². The topological polar surface area (TPSA) is 134 Å². The van der Waals surface area contributed by atoms with Gasteiger partial charge in [-0.05, 0) is 74.2 Å². The minimum atomic E-state index is -3.63. The average Bonchev–Trinajstić information content (AvgIpc) is 3.66. The van der Waals surface area contributed by atoms with Crippen molar-refractivity contribution in [3.05, 3.63) is 40.7 Å². The first-order valence-electron chi connectivity index (χ1n) is 14.5. The van der Waals surface area contributed by atoms with Crippen molar-refractivity contribution < 1.29 is 18.3 Å². The number of likely N-dealkylation sites (tertiary alicyclic amines) is 1. The van der Waals surface area contributed by atoms with Crippen LogP contribution in [0.4, 0.5) is 23.1 Å². The van der Waals surface area contributed by atoms with E-state index in [4.69, 9.17) is 16.3 Å². The Balaban J connectivity index is 1.41. The first-order valence-corrected chi connectivity index (χ1v) is 16.5. The highest BCUT2D eigenvalue weighted by Crippen LogP contribution is 2.40.